The summed E-state index contributed by atoms with van der Waals surface area (Å²) in [4.78, 5) is 23.0. The van der Waals surface area contributed by atoms with E-state index < -0.39 is 0 Å². The van der Waals surface area contributed by atoms with E-state index in [4.69, 9.17) is 4.98 Å². The highest BCUT2D eigenvalue weighted by atomic mass is 32.1. The molecular formula is C24H21N3OS. The number of anilines is 1. The fourth-order valence-electron chi connectivity index (χ4n) is 3.14. The van der Waals surface area contributed by atoms with E-state index in [1.807, 2.05) is 36.4 Å². The lowest BCUT2D eigenvalue weighted by molar-refractivity contribution is 0.102. The molecule has 0 aliphatic heterocycles. The third kappa shape index (κ3) is 4.10. The number of hydrogen-bond donors (Lipinski definition) is 1. The average Bonchev–Trinajstić information content (AvgIpc) is 3.19. The molecular weight excluding hydrogens is 378 g/mol. The molecule has 2 aromatic heterocycles. The van der Waals surface area contributed by atoms with Crippen molar-refractivity contribution in [3.63, 3.8) is 0 Å². The molecule has 5 heteroatoms. The minimum absolute atomic E-state index is 0.178. The van der Waals surface area contributed by atoms with Gasteiger partial charge in [0.15, 0.2) is 0 Å². The summed E-state index contributed by atoms with van der Waals surface area (Å²) < 4.78 is 0. The number of hydrogen-bond acceptors (Lipinski definition) is 4. The molecule has 0 saturated carbocycles. The molecule has 0 aliphatic carbocycles. The van der Waals surface area contributed by atoms with Gasteiger partial charge in [-0.2, -0.15) is 0 Å². The molecule has 0 radical (unpaired) electrons. The fraction of sp³-hybridized carbons (Fsp3) is 0.125. The zero-order chi connectivity index (χ0) is 20.2. The number of aromatic nitrogens is 2. The zero-order valence-corrected chi connectivity index (χ0v) is 17.2. The van der Waals surface area contributed by atoms with E-state index in [1.54, 1.807) is 29.7 Å². The maximum atomic E-state index is 12.7. The Balaban J connectivity index is 1.78. The predicted molar refractivity (Wildman–Crippen MR) is 119 cm³/mol. The standard InChI is InChI=1S/C24H21N3OS/c1-3-20-26-21(18-12-7-9-16(2)15-18)22(29-20)19-13-8-14-25-23(19)27-24(28)17-10-5-4-6-11-17/h4-15H,3H2,1-2H3,(H,25,27,28). The number of carbonyl (C=O) groups is 1. The number of pyridine rings is 1. The first kappa shape index (κ1) is 19.0. The Kier molecular flexibility index (Phi) is 5.49. The summed E-state index contributed by atoms with van der Waals surface area (Å²) in [6, 6.07) is 21.4. The van der Waals surface area contributed by atoms with Gasteiger partial charge in [0.1, 0.15) is 5.82 Å². The molecule has 2 heterocycles. The van der Waals surface area contributed by atoms with Crippen LogP contribution in [0.4, 0.5) is 5.82 Å². The molecule has 1 N–H and O–H groups in total. The van der Waals surface area contributed by atoms with E-state index in [-0.39, 0.29) is 5.91 Å². The molecule has 4 nitrogen and oxygen atoms in total. The van der Waals surface area contributed by atoms with Crippen LogP contribution in [0.2, 0.25) is 0 Å². The summed E-state index contributed by atoms with van der Waals surface area (Å²) in [6.07, 6.45) is 2.55. The van der Waals surface area contributed by atoms with Crippen LogP contribution in [0.1, 0.15) is 27.9 Å². The van der Waals surface area contributed by atoms with Gasteiger partial charge >= 0.3 is 0 Å². The van der Waals surface area contributed by atoms with Gasteiger partial charge in [0, 0.05) is 22.9 Å². The van der Waals surface area contributed by atoms with Crippen molar-refractivity contribution in [2.24, 2.45) is 0 Å². The molecule has 0 spiro atoms. The molecule has 0 unspecified atom stereocenters. The summed E-state index contributed by atoms with van der Waals surface area (Å²) >= 11 is 1.65. The number of amides is 1. The summed E-state index contributed by atoms with van der Waals surface area (Å²) in [7, 11) is 0. The van der Waals surface area contributed by atoms with Crippen molar-refractivity contribution in [3.8, 4) is 21.7 Å². The summed E-state index contributed by atoms with van der Waals surface area (Å²) in [5.41, 5.74) is 4.66. The molecule has 4 aromatic rings. The van der Waals surface area contributed by atoms with Crippen molar-refractivity contribution >= 4 is 23.1 Å². The van der Waals surface area contributed by atoms with E-state index in [2.05, 4.69) is 42.3 Å². The summed E-state index contributed by atoms with van der Waals surface area (Å²) in [5.74, 6) is 0.365. The van der Waals surface area contributed by atoms with Gasteiger partial charge < -0.3 is 5.32 Å². The molecule has 0 bridgehead atoms. The molecule has 144 valence electrons. The predicted octanol–water partition coefficient (Wildman–Crippen LogP) is 6.00. The lowest BCUT2D eigenvalue weighted by atomic mass is 10.1. The van der Waals surface area contributed by atoms with Crippen LogP contribution in [0.25, 0.3) is 21.7 Å². The van der Waals surface area contributed by atoms with Crippen LogP contribution in [0, 0.1) is 6.92 Å². The Bertz CT molecular complexity index is 1150. The van der Waals surface area contributed by atoms with Crippen molar-refractivity contribution in [1.82, 2.24) is 9.97 Å². The number of benzene rings is 2. The number of nitrogens with one attached hydrogen (secondary N) is 1. The largest absolute Gasteiger partial charge is 0.306 e. The van der Waals surface area contributed by atoms with Crippen LogP contribution < -0.4 is 5.32 Å². The van der Waals surface area contributed by atoms with Crippen molar-refractivity contribution in [2.45, 2.75) is 20.3 Å². The topological polar surface area (TPSA) is 54.9 Å². The molecule has 29 heavy (non-hydrogen) atoms. The van der Waals surface area contributed by atoms with Crippen LogP contribution in [-0.4, -0.2) is 15.9 Å². The van der Waals surface area contributed by atoms with Gasteiger partial charge in [0.2, 0.25) is 0 Å². The lowest BCUT2D eigenvalue weighted by Gasteiger charge is -2.10. The van der Waals surface area contributed by atoms with Gasteiger partial charge in [-0.3, -0.25) is 4.79 Å². The number of aryl methyl sites for hydroxylation is 2. The number of rotatable bonds is 5. The van der Waals surface area contributed by atoms with E-state index in [1.165, 1.54) is 5.56 Å². The first-order valence-corrected chi connectivity index (χ1v) is 10.4. The van der Waals surface area contributed by atoms with Crippen LogP contribution in [0.5, 0.6) is 0 Å². The third-order valence-electron chi connectivity index (χ3n) is 4.59. The Hall–Kier alpha value is -3.31. The van der Waals surface area contributed by atoms with Crippen molar-refractivity contribution in [3.05, 3.63) is 89.1 Å². The minimum Gasteiger partial charge on any atom is -0.306 e. The van der Waals surface area contributed by atoms with Gasteiger partial charge in [-0.15, -0.1) is 11.3 Å². The molecule has 1 amide bonds. The molecule has 4 rings (SSSR count). The van der Waals surface area contributed by atoms with Gasteiger partial charge in [-0.25, -0.2) is 9.97 Å². The summed E-state index contributed by atoms with van der Waals surface area (Å²) in [5, 5.41) is 4.03. The van der Waals surface area contributed by atoms with Gasteiger partial charge in [-0.1, -0.05) is 48.9 Å². The Morgan fingerprint density at radius 1 is 1.03 bits per heavy atom. The number of carbonyl (C=O) groups excluding carboxylic acids is 1. The number of nitrogens with zero attached hydrogens (tertiary/aromatic N) is 2. The first-order valence-electron chi connectivity index (χ1n) is 9.54. The van der Waals surface area contributed by atoms with Crippen LogP contribution in [-0.2, 0) is 6.42 Å². The fourth-order valence-corrected chi connectivity index (χ4v) is 4.20. The smallest absolute Gasteiger partial charge is 0.256 e. The molecule has 0 saturated heterocycles. The quantitative estimate of drug-likeness (QED) is 0.448. The van der Waals surface area contributed by atoms with Crippen LogP contribution >= 0.6 is 11.3 Å². The van der Waals surface area contributed by atoms with Crippen molar-refractivity contribution in [1.29, 1.82) is 0 Å². The minimum atomic E-state index is -0.178. The van der Waals surface area contributed by atoms with Gasteiger partial charge in [0.25, 0.3) is 5.91 Å². The second-order valence-corrected chi connectivity index (χ2v) is 7.81. The van der Waals surface area contributed by atoms with Gasteiger partial charge in [-0.05, 0) is 43.7 Å². The highest BCUT2D eigenvalue weighted by Gasteiger charge is 2.19. The summed E-state index contributed by atoms with van der Waals surface area (Å²) in [6.45, 7) is 4.18. The van der Waals surface area contributed by atoms with Crippen LogP contribution in [0.3, 0.4) is 0 Å². The van der Waals surface area contributed by atoms with Crippen LogP contribution in [0.15, 0.2) is 72.9 Å². The van der Waals surface area contributed by atoms with E-state index in [0.29, 0.717) is 11.4 Å². The SMILES string of the molecule is CCc1nc(-c2cccc(C)c2)c(-c2cccnc2NC(=O)c2ccccc2)s1. The van der Waals surface area contributed by atoms with Gasteiger partial charge in [0.05, 0.1) is 15.6 Å². The Morgan fingerprint density at radius 3 is 2.62 bits per heavy atom. The highest BCUT2D eigenvalue weighted by molar-refractivity contribution is 7.15. The van der Waals surface area contributed by atoms with Crippen molar-refractivity contribution in [2.75, 3.05) is 5.32 Å². The lowest BCUT2D eigenvalue weighted by Crippen LogP contribution is -2.13. The number of thiazole rings is 1. The first-order chi connectivity index (χ1) is 14.2. The molecule has 2 aromatic carbocycles. The Labute approximate surface area is 174 Å². The maximum absolute atomic E-state index is 12.7. The zero-order valence-electron chi connectivity index (χ0n) is 16.3. The normalized spacial score (nSPS) is 10.7. The van der Waals surface area contributed by atoms with Crippen molar-refractivity contribution < 1.29 is 4.79 Å². The third-order valence-corrected chi connectivity index (χ3v) is 5.82. The Morgan fingerprint density at radius 2 is 1.86 bits per heavy atom. The molecule has 0 atom stereocenters. The molecule has 0 fully saturated rings. The van der Waals surface area contributed by atoms with E-state index in [9.17, 15) is 4.79 Å². The molecule has 0 aliphatic rings. The maximum Gasteiger partial charge on any atom is 0.256 e. The van der Waals surface area contributed by atoms with E-state index in [0.717, 1.165) is 33.1 Å². The van der Waals surface area contributed by atoms with E-state index >= 15 is 0 Å². The second-order valence-electron chi connectivity index (χ2n) is 6.73. The highest BCUT2D eigenvalue weighted by Crippen LogP contribution is 2.40. The second kappa shape index (κ2) is 8.37. The average molecular weight is 400 g/mol. The monoisotopic (exact) mass is 399 g/mol.